The van der Waals surface area contributed by atoms with Crippen LogP contribution in [0.25, 0.3) is 0 Å². The van der Waals surface area contributed by atoms with E-state index >= 15 is 0 Å². The molecule has 0 aromatic heterocycles. The van der Waals surface area contributed by atoms with Gasteiger partial charge in [-0.05, 0) is 87.7 Å². The molecule has 1 aliphatic heterocycles. The molecule has 3 atom stereocenters. The second-order valence-electron chi connectivity index (χ2n) is 12.3. The summed E-state index contributed by atoms with van der Waals surface area (Å²) in [5, 5.41) is 0. The standard InChI is InChI=1S/C34H57N3O.C3H8.C2H6/c1-7-11-14-30(6)33-17-16-32(28-38)26-34(33)37(27-29(5)9-3)25-24-35(19-8-2)21-13-22-36-20-12-15-31(10-4)18-23-36;1-3-2;1-2/h8-9,16-17,26,28-31H,2-3,7,10-15,18-25,27H2,1,4-6H3;3H2,1-2H3;1-2H3. The molecule has 0 N–H and O–H groups in total. The van der Waals surface area contributed by atoms with Gasteiger partial charge in [0.15, 0.2) is 0 Å². The summed E-state index contributed by atoms with van der Waals surface area (Å²) in [5.41, 5.74) is 3.34. The minimum atomic E-state index is 0.372. The highest BCUT2D eigenvalue weighted by Crippen LogP contribution is 2.32. The predicted molar refractivity (Wildman–Crippen MR) is 194 cm³/mol. The second-order valence-corrected chi connectivity index (χ2v) is 12.3. The number of aldehydes is 1. The first-order valence-electron chi connectivity index (χ1n) is 17.9. The van der Waals surface area contributed by atoms with Crippen molar-refractivity contribution < 1.29 is 4.79 Å². The lowest BCUT2D eigenvalue weighted by Gasteiger charge is -2.33. The van der Waals surface area contributed by atoms with Gasteiger partial charge in [0, 0.05) is 37.4 Å². The number of carbonyl (C=O) groups excluding carboxylic acids is 1. The molecule has 1 aromatic carbocycles. The summed E-state index contributed by atoms with van der Waals surface area (Å²) in [4.78, 5) is 19.5. The molecule has 1 saturated heterocycles. The van der Waals surface area contributed by atoms with Crippen molar-refractivity contribution >= 4 is 12.0 Å². The van der Waals surface area contributed by atoms with E-state index < -0.39 is 0 Å². The van der Waals surface area contributed by atoms with E-state index in [1.54, 1.807) is 0 Å². The van der Waals surface area contributed by atoms with Crippen LogP contribution in [0.5, 0.6) is 0 Å². The normalized spacial score (nSPS) is 16.5. The van der Waals surface area contributed by atoms with Crippen molar-refractivity contribution in [1.29, 1.82) is 0 Å². The zero-order chi connectivity index (χ0) is 32.5. The number of hydrogen-bond donors (Lipinski definition) is 0. The number of anilines is 1. The quantitative estimate of drug-likeness (QED) is 0.117. The third-order valence-corrected chi connectivity index (χ3v) is 8.50. The van der Waals surface area contributed by atoms with Gasteiger partial charge < -0.3 is 9.80 Å². The zero-order valence-electron chi connectivity index (χ0n) is 29.9. The van der Waals surface area contributed by atoms with Crippen LogP contribution in [0.2, 0.25) is 0 Å². The molecule has 0 bridgehead atoms. The molecule has 1 heterocycles. The molecule has 4 heteroatoms. The Kier molecular flexibility index (Phi) is 25.3. The van der Waals surface area contributed by atoms with Gasteiger partial charge in [0.25, 0.3) is 0 Å². The maximum absolute atomic E-state index is 11.7. The van der Waals surface area contributed by atoms with Crippen LogP contribution in [0.4, 0.5) is 5.69 Å². The Morgan fingerprint density at radius 2 is 1.72 bits per heavy atom. The van der Waals surface area contributed by atoms with Crippen LogP contribution < -0.4 is 4.90 Å². The second kappa shape index (κ2) is 26.5. The fraction of sp³-hybridized carbons (Fsp3) is 0.718. The van der Waals surface area contributed by atoms with Crippen LogP contribution in [0, 0.1) is 11.8 Å². The third kappa shape index (κ3) is 17.2. The van der Waals surface area contributed by atoms with E-state index in [4.69, 9.17) is 0 Å². The van der Waals surface area contributed by atoms with Crippen molar-refractivity contribution in [1.82, 2.24) is 9.80 Å². The topological polar surface area (TPSA) is 26.8 Å². The first-order chi connectivity index (χ1) is 20.9. The average Bonchev–Trinajstić information content (AvgIpc) is 3.27. The summed E-state index contributed by atoms with van der Waals surface area (Å²) >= 11 is 0. The van der Waals surface area contributed by atoms with Crippen molar-refractivity contribution in [2.45, 2.75) is 119 Å². The lowest BCUT2D eigenvalue weighted by atomic mass is 9.92. The third-order valence-electron chi connectivity index (χ3n) is 8.50. The molecule has 1 aliphatic rings. The molecule has 2 rings (SSSR count). The van der Waals surface area contributed by atoms with Crippen molar-refractivity contribution in [3.8, 4) is 0 Å². The van der Waals surface area contributed by atoms with Gasteiger partial charge in [-0.15, -0.1) is 13.2 Å². The van der Waals surface area contributed by atoms with Crippen LogP contribution in [-0.2, 0) is 0 Å². The first-order valence-corrected chi connectivity index (χ1v) is 17.9. The van der Waals surface area contributed by atoms with Crippen LogP contribution in [0.1, 0.15) is 135 Å². The average molecular weight is 598 g/mol. The molecule has 0 amide bonds. The van der Waals surface area contributed by atoms with Crippen molar-refractivity contribution in [2.24, 2.45) is 11.8 Å². The number of unbranched alkanes of at least 4 members (excludes halogenated alkanes) is 1. The molecule has 0 aliphatic carbocycles. The molecule has 43 heavy (non-hydrogen) atoms. The molecular formula is C39H71N3O. The summed E-state index contributed by atoms with van der Waals surface area (Å²) in [6.07, 6.45) is 16.6. The van der Waals surface area contributed by atoms with Gasteiger partial charge in [0.2, 0.25) is 0 Å². The number of rotatable bonds is 19. The fourth-order valence-corrected chi connectivity index (χ4v) is 5.84. The molecule has 0 saturated carbocycles. The van der Waals surface area contributed by atoms with Crippen LogP contribution >= 0.6 is 0 Å². The Morgan fingerprint density at radius 3 is 2.33 bits per heavy atom. The van der Waals surface area contributed by atoms with Crippen LogP contribution in [-0.4, -0.2) is 68.4 Å². The van der Waals surface area contributed by atoms with Gasteiger partial charge in [0.1, 0.15) is 6.29 Å². The maximum atomic E-state index is 11.7. The van der Waals surface area contributed by atoms with Crippen molar-refractivity contribution in [3.05, 3.63) is 54.6 Å². The molecule has 1 fully saturated rings. The minimum Gasteiger partial charge on any atom is -0.369 e. The molecule has 4 nitrogen and oxygen atoms in total. The Hall–Kier alpha value is -1.91. The van der Waals surface area contributed by atoms with Gasteiger partial charge >= 0.3 is 0 Å². The zero-order valence-corrected chi connectivity index (χ0v) is 29.9. The molecule has 248 valence electrons. The van der Waals surface area contributed by atoms with Gasteiger partial charge in [-0.1, -0.05) is 105 Å². The monoisotopic (exact) mass is 598 g/mol. The highest BCUT2D eigenvalue weighted by Gasteiger charge is 2.20. The van der Waals surface area contributed by atoms with Gasteiger partial charge in [-0.2, -0.15) is 0 Å². The Bertz CT molecular complexity index is 838. The van der Waals surface area contributed by atoms with E-state index in [0.29, 0.717) is 11.8 Å². The highest BCUT2D eigenvalue weighted by molar-refractivity contribution is 5.78. The number of likely N-dealkylation sites (tertiary alicyclic amines) is 1. The molecule has 0 radical (unpaired) electrons. The molecule has 1 aromatic rings. The van der Waals surface area contributed by atoms with Gasteiger partial charge in [-0.25, -0.2) is 0 Å². The largest absolute Gasteiger partial charge is 0.369 e. The minimum absolute atomic E-state index is 0.372. The van der Waals surface area contributed by atoms with E-state index in [2.05, 4.69) is 81.5 Å². The fourth-order valence-electron chi connectivity index (χ4n) is 5.84. The summed E-state index contributed by atoms with van der Waals surface area (Å²) in [6.45, 7) is 34.1. The van der Waals surface area contributed by atoms with Crippen molar-refractivity contribution in [3.63, 3.8) is 0 Å². The van der Waals surface area contributed by atoms with Crippen LogP contribution in [0.15, 0.2) is 43.5 Å². The summed E-state index contributed by atoms with van der Waals surface area (Å²) < 4.78 is 0. The number of carbonyl (C=O) groups is 1. The van der Waals surface area contributed by atoms with E-state index in [0.717, 1.165) is 50.5 Å². The van der Waals surface area contributed by atoms with Gasteiger partial charge in [0.05, 0.1) is 0 Å². The Balaban J connectivity index is 0.00000331. The van der Waals surface area contributed by atoms with E-state index in [9.17, 15) is 4.79 Å². The summed E-state index contributed by atoms with van der Waals surface area (Å²) in [7, 11) is 0. The summed E-state index contributed by atoms with van der Waals surface area (Å²) in [6, 6.07) is 6.29. The molecule has 3 unspecified atom stereocenters. The molecule has 0 spiro atoms. The number of benzene rings is 1. The Labute approximate surface area is 269 Å². The van der Waals surface area contributed by atoms with Crippen LogP contribution in [0.3, 0.4) is 0 Å². The van der Waals surface area contributed by atoms with Crippen molar-refractivity contribution in [2.75, 3.05) is 57.3 Å². The lowest BCUT2D eigenvalue weighted by Crippen LogP contribution is -2.39. The van der Waals surface area contributed by atoms with Gasteiger partial charge in [-0.3, -0.25) is 9.69 Å². The first kappa shape index (κ1) is 41.1. The lowest BCUT2D eigenvalue weighted by molar-refractivity contribution is 0.112. The van der Waals surface area contributed by atoms with E-state index in [-0.39, 0.29) is 0 Å². The maximum Gasteiger partial charge on any atom is 0.150 e. The van der Waals surface area contributed by atoms with E-state index in [1.165, 1.54) is 88.7 Å². The smallest absolute Gasteiger partial charge is 0.150 e. The highest BCUT2D eigenvalue weighted by atomic mass is 16.1. The number of nitrogens with zero attached hydrogens (tertiary/aromatic N) is 3. The van der Waals surface area contributed by atoms with E-state index in [1.807, 2.05) is 32.1 Å². The number of hydrogen-bond acceptors (Lipinski definition) is 4. The SMILES string of the molecule is C=CCN(CCCN1CCCC(CC)CC1)CCN(CC(C)C=C)c1cc(C=O)ccc1C(C)CCCC.CC.CCC. The predicted octanol–water partition coefficient (Wildman–Crippen LogP) is 10.3. The molecular weight excluding hydrogens is 526 g/mol. The summed E-state index contributed by atoms with van der Waals surface area (Å²) in [5.74, 6) is 1.77. The Morgan fingerprint density at radius 1 is 1.00 bits per heavy atom.